The van der Waals surface area contributed by atoms with Gasteiger partial charge in [-0.1, -0.05) is 42.5 Å². The second kappa shape index (κ2) is 9.54. The van der Waals surface area contributed by atoms with E-state index in [-0.39, 0.29) is 6.04 Å². The van der Waals surface area contributed by atoms with Crippen LogP contribution in [0.4, 0.5) is 5.69 Å². The van der Waals surface area contributed by atoms with Crippen LogP contribution in [0.25, 0.3) is 11.1 Å². The number of fused-ring (bicyclic) bond motifs is 1. The molecule has 0 bridgehead atoms. The highest BCUT2D eigenvalue weighted by Gasteiger charge is 2.20. The van der Waals surface area contributed by atoms with Gasteiger partial charge in [-0.2, -0.15) is 0 Å². The summed E-state index contributed by atoms with van der Waals surface area (Å²) < 4.78 is 0. The lowest BCUT2D eigenvalue weighted by atomic mass is 10.0. The Hall–Kier alpha value is -3.12. The normalized spacial score (nSPS) is 13.6. The summed E-state index contributed by atoms with van der Waals surface area (Å²) in [6.45, 7) is 4.10. The van der Waals surface area contributed by atoms with Crippen molar-refractivity contribution in [1.82, 2.24) is 0 Å². The highest BCUT2D eigenvalue weighted by Crippen LogP contribution is 2.32. The molecule has 1 aliphatic heterocycles. The number of carboxylic acid groups (broad SMARTS) is 2. The van der Waals surface area contributed by atoms with Crippen molar-refractivity contribution in [3.63, 3.8) is 0 Å². The molecule has 0 saturated carbocycles. The molecule has 1 heterocycles. The quantitative estimate of drug-likeness (QED) is 0.701. The lowest BCUT2D eigenvalue weighted by Crippen LogP contribution is -2.34. The minimum Gasteiger partial charge on any atom is -0.478 e. The van der Waals surface area contributed by atoms with Crippen molar-refractivity contribution in [2.75, 3.05) is 18.0 Å². The van der Waals surface area contributed by atoms with Crippen LogP contribution in [0, 0.1) is 0 Å². The van der Waals surface area contributed by atoms with Crippen LogP contribution >= 0.6 is 0 Å². The van der Waals surface area contributed by atoms with Gasteiger partial charge in [0, 0.05) is 37.0 Å². The number of nitrogens with two attached hydrogens (primary N) is 1. The van der Waals surface area contributed by atoms with E-state index in [0.29, 0.717) is 12.2 Å². The standard InChI is InChI=1S/C17H20N2.C4H4O4/c1-13(18)12-19-10-9-15-7-8-16(11-17(15)19)14-5-3-2-4-6-14;5-3(6)1-2-4(7)8/h2-8,11,13H,9-10,12,18H2,1H3;1-2H,(H,5,6)(H,7,8)/t13-;/m0./s1. The molecule has 3 rings (SSSR count). The van der Waals surface area contributed by atoms with Crippen LogP contribution in [0.5, 0.6) is 0 Å². The smallest absolute Gasteiger partial charge is 0.328 e. The highest BCUT2D eigenvalue weighted by molar-refractivity contribution is 5.89. The summed E-state index contributed by atoms with van der Waals surface area (Å²) in [7, 11) is 0. The Morgan fingerprint density at radius 3 is 2.26 bits per heavy atom. The summed E-state index contributed by atoms with van der Waals surface area (Å²) in [4.78, 5) is 21.5. The van der Waals surface area contributed by atoms with Crippen molar-refractivity contribution in [3.05, 3.63) is 66.2 Å². The fraction of sp³-hybridized carbons (Fsp3) is 0.238. The van der Waals surface area contributed by atoms with Gasteiger partial charge < -0.3 is 20.8 Å². The molecule has 142 valence electrons. The van der Waals surface area contributed by atoms with Crippen molar-refractivity contribution in [3.8, 4) is 11.1 Å². The van der Waals surface area contributed by atoms with Gasteiger partial charge in [-0.3, -0.25) is 0 Å². The second-order valence-electron chi connectivity index (χ2n) is 6.39. The van der Waals surface area contributed by atoms with Gasteiger partial charge in [0.1, 0.15) is 0 Å². The van der Waals surface area contributed by atoms with E-state index < -0.39 is 11.9 Å². The van der Waals surface area contributed by atoms with E-state index in [1.807, 2.05) is 0 Å². The molecule has 1 atom stereocenters. The third kappa shape index (κ3) is 6.27. The summed E-state index contributed by atoms with van der Waals surface area (Å²) in [6.07, 6.45) is 2.25. The van der Waals surface area contributed by atoms with Gasteiger partial charge in [0.25, 0.3) is 0 Å². The van der Waals surface area contributed by atoms with E-state index in [9.17, 15) is 9.59 Å². The lowest BCUT2D eigenvalue weighted by molar-refractivity contribution is -0.134. The Bertz CT molecular complexity index is 800. The molecule has 2 aromatic carbocycles. The van der Waals surface area contributed by atoms with Gasteiger partial charge in [0.15, 0.2) is 0 Å². The molecular formula is C21H24N2O4. The Labute approximate surface area is 158 Å². The molecule has 0 fully saturated rings. The summed E-state index contributed by atoms with van der Waals surface area (Å²) >= 11 is 0. The first-order valence-corrected chi connectivity index (χ1v) is 8.69. The van der Waals surface area contributed by atoms with Crippen molar-refractivity contribution >= 4 is 17.6 Å². The van der Waals surface area contributed by atoms with Crippen molar-refractivity contribution in [2.24, 2.45) is 5.73 Å². The average Bonchev–Trinajstić information content (AvgIpc) is 3.03. The van der Waals surface area contributed by atoms with Crippen molar-refractivity contribution in [1.29, 1.82) is 0 Å². The third-order valence-corrected chi connectivity index (χ3v) is 4.06. The lowest BCUT2D eigenvalue weighted by Gasteiger charge is -2.22. The number of nitrogens with zero attached hydrogens (tertiary/aromatic N) is 1. The molecule has 0 spiro atoms. The van der Waals surface area contributed by atoms with Crippen LogP contribution in [0.15, 0.2) is 60.7 Å². The topological polar surface area (TPSA) is 104 Å². The minimum atomic E-state index is -1.26. The number of hydrogen-bond acceptors (Lipinski definition) is 4. The first kappa shape index (κ1) is 20.2. The summed E-state index contributed by atoms with van der Waals surface area (Å²) in [6, 6.07) is 17.6. The van der Waals surface area contributed by atoms with Gasteiger partial charge in [0.2, 0.25) is 0 Å². The maximum Gasteiger partial charge on any atom is 0.328 e. The zero-order valence-corrected chi connectivity index (χ0v) is 15.2. The molecule has 2 aromatic rings. The predicted molar refractivity (Wildman–Crippen MR) is 106 cm³/mol. The van der Waals surface area contributed by atoms with E-state index >= 15 is 0 Å². The Morgan fingerprint density at radius 2 is 1.70 bits per heavy atom. The maximum absolute atomic E-state index is 9.55. The highest BCUT2D eigenvalue weighted by atomic mass is 16.4. The fourth-order valence-electron chi connectivity index (χ4n) is 2.94. The third-order valence-electron chi connectivity index (χ3n) is 4.06. The van der Waals surface area contributed by atoms with Crippen LogP contribution in [-0.4, -0.2) is 41.3 Å². The summed E-state index contributed by atoms with van der Waals surface area (Å²) in [5.74, 6) is -2.51. The molecule has 0 saturated heterocycles. The Balaban J connectivity index is 0.000000279. The summed E-state index contributed by atoms with van der Waals surface area (Å²) in [5.41, 5.74) is 11.3. The number of hydrogen-bond donors (Lipinski definition) is 3. The van der Waals surface area contributed by atoms with Crippen LogP contribution in [0.1, 0.15) is 12.5 Å². The molecular weight excluding hydrogens is 344 g/mol. The summed E-state index contributed by atoms with van der Waals surface area (Å²) in [5, 5.41) is 15.6. The molecule has 0 radical (unpaired) electrons. The average molecular weight is 368 g/mol. The van der Waals surface area contributed by atoms with Crippen LogP contribution in [0.3, 0.4) is 0 Å². The monoisotopic (exact) mass is 368 g/mol. The zero-order chi connectivity index (χ0) is 19.8. The van der Waals surface area contributed by atoms with Gasteiger partial charge in [-0.05, 0) is 36.1 Å². The van der Waals surface area contributed by atoms with E-state index in [1.54, 1.807) is 0 Å². The van der Waals surface area contributed by atoms with Crippen LogP contribution < -0.4 is 10.6 Å². The molecule has 0 unspecified atom stereocenters. The second-order valence-corrected chi connectivity index (χ2v) is 6.39. The first-order chi connectivity index (χ1) is 12.9. The number of carboxylic acids is 2. The van der Waals surface area contributed by atoms with Crippen molar-refractivity contribution in [2.45, 2.75) is 19.4 Å². The molecule has 1 aliphatic rings. The molecule has 0 aromatic heterocycles. The largest absolute Gasteiger partial charge is 0.478 e. The van der Waals surface area contributed by atoms with Gasteiger partial charge in [-0.15, -0.1) is 0 Å². The van der Waals surface area contributed by atoms with Crippen LogP contribution in [0.2, 0.25) is 0 Å². The molecule has 4 N–H and O–H groups in total. The van der Waals surface area contributed by atoms with E-state index in [4.69, 9.17) is 15.9 Å². The zero-order valence-electron chi connectivity index (χ0n) is 15.2. The molecule has 0 amide bonds. The van der Waals surface area contributed by atoms with Gasteiger partial charge >= 0.3 is 11.9 Å². The van der Waals surface area contributed by atoms with E-state index in [0.717, 1.165) is 19.5 Å². The van der Waals surface area contributed by atoms with E-state index in [2.05, 4.69) is 60.4 Å². The fourth-order valence-corrected chi connectivity index (χ4v) is 2.94. The number of benzene rings is 2. The van der Waals surface area contributed by atoms with Gasteiger partial charge in [0.05, 0.1) is 0 Å². The first-order valence-electron chi connectivity index (χ1n) is 8.69. The number of anilines is 1. The van der Waals surface area contributed by atoms with Crippen LogP contribution in [-0.2, 0) is 16.0 Å². The molecule has 0 aliphatic carbocycles. The van der Waals surface area contributed by atoms with Gasteiger partial charge in [-0.25, -0.2) is 9.59 Å². The Kier molecular flexibility index (Phi) is 7.14. The maximum atomic E-state index is 9.55. The molecule has 6 nitrogen and oxygen atoms in total. The number of aliphatic carboxylic acids is 2. The van der Waals surface area contributed by atoms with Crippen molar-refractivity contribution < 1.29 is 19.8 Å². The van der Waals surface area contributed by atoms with E-state index in [1.165, 1.54) is 22.4 Å². The minimum absolute atomic E-state index is 0.214. The number of carbonyl (C=O) groups is 2. The predicted octanol–water partition coefficient (Wildman–Crippen LogP) is 2.78. The Morgan fingerprint density at radius 1 is 1.07 bits per heavy atom. The number of rotatable bonds is 5. The molecule has 6 heteroatoms. The SMILES string of the molecule is C[C@H](N)CN1CCc2ccc(-c3ccccc3)cc21.O=C(O)C=CC(=O)O. The molecule has 27 heavy (non-hydrogen) atoms.